The summed E-state index contributed by atoms with van der Waals surface area (Å²) in [5.41, 5.74) is 1.87. The number of esters is 6. The number of carbonyl (C=O) groups is 9. The van der Waals surface area contributed by atoms with Gasteiger partial charge in [0.05, 0.1) is 25.5 Å². The summed E-state index contributed by atoms with van der Waals surface area (Å²) in [5, 5.41) is 48.5. The van der Waals surface area contributed by atoms with Crippen LogP contribution in [0.2, 0.25) is 0 Å². The van der Waals surface area contributed by atoms with E-state index in [9.17, 15) is 67.6 Å². The lowest BCUT2D eigenvalue weighted by Crippen LogP contribution is -2.65. The lowest BCUT2D eigenvalue weighted by atomic mass is 9.46. The van der Waals surface area contributed by atoms with E-state index in [1.165, 1.54) is 5.56 Å². The van der Waals surface area contributed by atoms with E-state index in [0.29, 0.717) is 94.5 Å². The van der Waals surface area contributed by atoms with E-state index in [-0.39, 0.29) is 145 Å². The second kappa shape index (κ2) is 49.3. The highest BCUT2D eigenvalue weighted by Gasteiger charge is 2.78. The van der Waals surface area contributed by atoms with Crippen LogP contribution in [0, 0.1) is 104 Å². The van der Waals surface area contributed by atoms with Crippen LogP contribution in [0.5, 0.6) is 0 Å². The number of ketones is 3. The number of benzene rings is 3. The van der Waals surface area contributed by atoms with Crippen LogP contribution < -0.4 is 0 Å². The molecule has 9 fully saturated rings. The zero-order chi connectivity index (χ0) is 110. The maximum Gasteiger partial charge on any atom is 0.306 e. The number of aryl methyl sites for hydroxylation is 1. The molecule has 0 aliphatic heterocycles. The minimum absolute atomic E-state index is 0.0858. The Hall–Kier alpha value is -8.49. The Morgan fingerprint density at radius 3 is 1.03 bits per heavy atom. The van der Waals surface area contributed by atoms with Crippen LogP contribution in [0.3, 0.4) is 0 Å². The number of aliphatic hydroxyl groups excluding tert-OH is 3. The molecule has 150 heavy (non-hydrogen) atoms. The second-order valence-electron chi connectivity index (χ2n) is 45.4. The molecule has 26 nitrogen and oxygen atoms in total. The summed E-state index contributed by atoms with van der Waals surface area (Å²) in [6, 6.07) is 24.4. The minimum Gasteiger partial charge on any atom is -0.457 e. The van der Waals surface area contributed by atoms with Gasteiger partial charge < -0.3 is 67.4 Å². The number of hydrogen-bond donors (Lipinski definition) is 3. The van der Waals surface area contributed by atoms with Gasteiger partial charge in [0, 0.05) is 153 Å². The maximum atomic E-state index is 14.1. The third-order valence-electron chi connectivity index (χ3n) is 35.3. The molecule has 0 saturated heterocycles. The lowest BCUT2D eigenvalue weighted by Gasteiger charge is -2.61. The Labute approximate surface area is 909 Å². The van der Waals surface area contributed by atoms with Gasteiger partial charge in [-0.3, -0.25) is 43.2 Å². The molecule has 12 aliphatic rings. The first-order valence-electron chi connectivity index (χ1n) is 53.5. The number of allylic oxidation sites excluding steroid dienone is 12. The molecule has 820 valence electrons. The molecule has 15 rings (SSSR count). The molecule has 3 aromatic rings. The number of fused-ring (bicyclic) bond motifs is 15. The highest BCUT2D eigenvalue weighted by molar-refractivity contribution is 9.10. The fourth-order valence-corrected chi connectivity index (χ4v) is 31.6. The molecule has 3 N–H and O–H groups in total. The van der Waals surface area contributed by atoms with Gasteiger partial charge in [-0.15, -0.1) is 48.0 Å². The van der Waals surface area contributed by atoms with Gasteiger partial charge in [0.1, 0.15) is 44.1 Å². The summed E-state index contributed by atoms with van der Waals surface area (Å²) >= 11 is 25.4. The SMILES string of the molecule is C=C.CCC(=O)OCC(=O)[C@@]1(OC(=O)CC)[C@H](C)C[C@H]2[C@H]3[C@H]([C@@H](O)C[C@@]21C)[C@@]1(C)C=C/C(=N\OCCc2cccc(/C=C/P(C)(C)=O)c2)C=C1C[C@H]3Cl.CCC(=O)OCC(=O)[C@@]1(OC(=O)CC)[C@H](C)C[C@H]2[C@H]3[C@H]([C@@H](O)C[C@@]21C)[C@@]1(C)C=C/C(=N\OCCc2cccc(Br)c2)C=C1C[C@H]3Cl.CCC(=O)OCC(=O)[C@@]1(OC(=O)CC)[C@H](C)C[C@H]2[C@H]3[C@H]([C@@H](O)C[C@@]21C)[C@@]1(C)C=C/C(=N\OCCc2cccc(CCP(C)(C)=O)c2)C=C1C[C@H]3Cl. The quantitative estimate of drug-likeness (QED) is 0.00936. The van der Waals surface area contributed by atoms with Gasteiger partial charge in [-0.1, -0.05) is 237 Å². The van der Waals surface area contributed by atoms with Crippen molar-refractivity contribution in [1.29, 1.82) is 0 Å². The summed E-state index contributed by atoms with van der Waals surface area (Å²) in [6.45, 7) is 40.9. The topological polar surface area (TPSA) is 369 Å². The van der Waals surface area contributed by atoms with E-state index in [1.807, 2.05) is 134 Å². The van der Waals surface area contributed by atoms with Crippen molar-refractivity contribution in [3.8, 4) is 0 Å². The van der Waals surface area contributed by atoms with E-state index < -0.39 is 155 Å². The minimum atomic E-state index is -2.25. The number of oxime groups is 3. The van der Waals surface area contributed by atoms with Crippen LogP contribution in [-0.2, 0) is 121 Å². The van der Waals surface area contributed by atoms with E-state index in [2.05, 4.69) is 120 Å². The smallest absolute Gasteiger partial charge is 0.306 e. The molecule has 0 amide bonds. The Bertz CT molecular complexity index is 5940. The number of alkyl halides is 3. The number of carbonyl (C=O) groups excluding carboxylic acids is 9. The van der Waals surface area contributed by atoms with Crippen LogP contribution in [0.1, 0.15) is 228 Å². The van der Waals surface area contributed by atoms with Gasteiger partial charge in [0.25, 0.3) is 0 Å². The number of rotatable bonds is 35. The summed E-state index contributed by atoms with van der Waals surface area (Å²) < 4.78 is 59.6. The lowest BCUT2D eigenvalue weighted by molar-refractivity contribution is -0.205. The van der Waals surface area contributed by atoms with Gasteiger partial charge in [-0.05, 0) is 209 Å². The first-order valence-corrected chi connectivity index (χ1v) is 61.0. The van der Waals surface area contributed by atoms with E-state index in [4.69, 9.17) is 77.7 Å². The molecule has 9 saturated carbocycles. The first kappa shape index (κ1) is 120. The Balaban J connectivity index is 0.000000198. The number of Topliss-reactive ketones (excluding diaryl/α,β-unsaturated/α-hetero) is 3. The van der Waals surface area contributed by atoms with Crippen LogP contribution >= 0.6 is 65.0 Å². The standard InChI is InChI=1S/C40H55ClNO8P.C40H53ClNO8P.C36H45BrClNO7.C2H4/c2*1-8-34(45)48-24-33(44)40(50-35(46)9-2)25(3)19-30-36-31(41)22-28-21-29(13-16-38(28,4)37(36)32(43)23-39(30,40)5)42-49-17-14-26-11-10-12-27(20-26)15-18-51(6,7)47;1-6-30(42)44-20-29(41)36(46-31(43)7-2)21(3)15-26-32-27(38)18-23-17-25(39-45-14-12-22-9-8-10-24(37)16-22)11-13-34(23,4)33(32)28(40)19-35(26,36)5;1-2/h10-13,16,20-21,25,30-32,36-37,43H,8-9,14-15,17-19,22-24H2,1-7H3;10-13,15-16,18,20-21,25,30-32,36-37,43H,8-9,14,17,19,22-24H2,1-7H3;8-11,13,16-17,21,26-28,32-33,40H,6-7,12,14-15,18-20H2,1-5H3;1-2H2/b42-29+;18-15+,42-29+;39-25+;/t2*25-,30+,31-,32+,36-,37+,38+,39+,40+;21-,26+,27-,28+,32-,33+,34+,35+,36+;/m111./s1. The predicted molar refractivity (Wildman–Crippen MR) is 590 cm³/mol. The van der Waals surface area contributed by atoms with E-state index >= 15 is 0 Å². The van der Waals surface area contributed by atoms with Crippen LogP contribution in [0.15, 0.2) is 183 Å². The van der Waals surface area contributed by atoms with Crippen molar-refractivity contribution in [2.45, 2.75) is 277 Å². The molecule has 3 aromatic carbocycles. The predicted octanol–water partition coefficient (Wildman–Crippen LogP) is 22.3. The zero-order valence-corrected chi connectivity index (χ0v) is 96.4. The largest absolute Gasteiger partial charge is 0.457 e. The van der Waals surface area contributed by atoms with Crippen LogP contribution in [-0.4, -0.2) is 209 Å². The molecule has 27 atom stereocenters. The molecule has 0 bridgehead atoms. The highest BCUT2D eigenvalue weighted by atomic mass is 79.9. The Morgan fingerprint density at radius 1 is 0.433 bits per heavy atom. The maximum absolute atomic E-state index is 14.1. The molecule has 0 unspecified atom stereocenters. The van der Waals surface area contributed by atoms with E-state index in [0.717, 1.165) is 56.3 Å². The monoisotopic (exact) mass is 2230 g/mol. The van der Waals surface area contributed by atoms with Crippen molar-refractivity contribution in [3.63, 3.8) is 0 Å². The van der Waals surface area contributed by atoms with Gasteiger partial charge in [0.2, 0.25) is 17.3 Å². The molecule has 32 heteroatoms. The highest BCUT2D eigenvalue weighted by Crippen LogP contribution is 2.74. The van der Waals surface area contributed by atoms with Crippen molar-refractivity contribution in [1.82, 2.24) is 0 Å². The number of ether oxygens (including phenoxy) is 6. The molecule has 0 spiro atoms. The third-order valence-corrected chi connectivity index (χ3v) is 39.3. The molecule has 0 aromatic heterocycles. The summed E-state index contributed by atoms with van der Waals surface area (Å²) in [6.07, 6.45) is 25.9. The van der Waals surface area contributed by atoms with Gasteiger partial charge in [0.15, 0.2) is 36.6 Å². The number of aliphatic hydroxyl groups is 3. The summed E-state index contributed by atoms with van der Waals surface area (Å²) in [7, 11) is -4.32. The average molecular weight is 2230 g/mol. The van der Waals surface area contributed by atoms with E-state index in [1.54, 1.807) is 60.7 Å². The van der Waals surface area contributed by atoms with Crippen LogP contribution in [0.25, 0.3) is 6.08 Å². The normalized spacial score (nSPS) is 35.2. The number of nitrogens with zero attached hydrogens (tertiary/aromatic N) is 3. The zero-order valence-electron chi connectivity index (χ0n) is 90.7. The molecule has 0 heterocycles. The van der Waals surface area contributed by atoms with Crippen molar-refractivity contribution in [3.05, 3.63) is 195 Å². The van der Waals surface area contributed by atoms with Crippen molar-refractivity contribution < 1.29 is 111 Å². The number of hydrogen-bond acceptors (Lipinski definition) is 26. The first-order chi connectivity index (χ1) is 70.8. The third kappa shape index (κ3) is 24.5. The molecule has 0 radical (unpaired) electrons. The number of halogens is 4. The fraction of sp³-hybridized carbons (Fsp3) is 0.610. The Kier molecular flexibility index (Phi) is 39.5. The van der Waals surface area contributed by atoms with Gasteiger partial charge in [-0.2, -0.15) is 0 Å². The summed E-state index contributed by atoms with van der Waals surface area (Å²) in [5.74, 6) is -5.27. The summed E-state index contributed by atoms with van der Waals surface area (Å²) in [4.78, 5) is 134. The van der Waals surface area contributed by atoms with Gasteiger partial charge >= 0.3 is 35.8 Å². The van der Waals surface area contributed by atoms with Gasteiger partial charge in [-0.25, -0.2) is 0 Å². The molecular weight excluding hydrogens is 2080 g/mol. The van der Waals surface area contributed by atoms with Crippen molar-refractivity contribution in [2.75, 3.05) is 72.5 Å². The van der Waals surface area contributed by atoms with Crippen LogP contribution in [0.4, 0.5) is 0 Å². The van der Waals surface area contributed by atoms with Crippen molar-refractivity contribution >= 4 is 141 Å². The second-order valence-corrected chi connectivity index (χ2v) is 54.8. The fourth-order valence-electron chi connectivity index (χ4n) is 28.3. The van der Waals surface area contributed by atoms with Crippen molar-refractivity contribution in [2.24, 2.45) is 119 Å². The average Bonchev–Trinajstić information content (AvgIpc) is 1.51. The Morgan fingerprint density at radius 2 is 0.727 bits per heavy atom. The molecular formula is C118H157BrCl3N3O23P2. The molecule has 12 aliphatic carbocycles.